The Morgan fingerprint density at radius 2 is 1.80 bits per heavy atom. The number of hydrogen-bond acceptors (Lipinski definition) is 7. The van der Waals surface area contributed by atoms with Crippen molar-refractivity contribution < 1.29 is 18.7 Å². The number of allylic oxidation sites excluding steroid dienone is 1. The van der Waals surface area contributed by atoms with Crippen molar-refractivity contribution in [3.05, 3.63) is 132 Å². The van der Waals surface area contributed by atoms with Crippen LogP contribution in [-0.2, 0) is 17.2 Å². The van der Waals surface area contributed by atoms with Gasteiger partial charge in [0.25, 0.3) is 5.91 Å². The van der Waals surface area contributed by atoms with Crippen molar-refractivity contribution in [3.63, 3.8) is 0 Å². The number of amides is 1. The number of benzene rings is 4. The van der Waals surface area contributed by atoms with E-state index in [2.05, 4.69) is 26.6 Å². The van der Waals surface area contributed by atoms with E-state index in [9.17, 15) is 9.18 Å². The third-order valence-electron chi connectivity index (χ3n) is 8.32. The summed E-state index contributed by atoms with van der Waals surface area (Å²) >= 11 is 17.8. The number of fused-ring (bicyclic) bond motifs is 1. The molecule has 5 aromatic rings. The maximum atomic E-state index is 14.6. The summed E-state index contributed by atoms with van der Waals surface area (Å²) in [5.74, 6) is 1.01. The van der Waals surface area contributed by atoms with Gasteiger partial charge in [-0.15, -0.1) is 5.10 Å². The summed E-state index contributed by atoms with van der Waals surface area (Å²) in [6.45, 7) is 7.87. The number of nitrogens with one attached hydrogen (secondary N) is 2. The highest BCUT2D eigenvalue weighted by Crippen LogP contribution is 2.44. The van der Waals surface area contributed by atoms with Crippen molar-refractivity contribution in [2.24, 2.45) is 0 Å². The lowest BCUT2D eigenvalue weighted by molar-refractivity contribution is -0.113. The van der Waals surface area contributed by atoms with Crippen LogP contribution in [0.1, 0.15) is 47.7 Å². The van der Waals surface area contributed by atoms with E-state index in [1.807, 2.05) is 82.3 Å². The second-order valence-electron chi connectivity index (χ2n) is 11.6. The molecule has 2 N–H and O–H groups in total. The van der Waals surface area contributed by atoms with E-state index in [0.29, 0.717) is 67.0 Å². The number of rotatable bonds is 11. The first-order chi connectivity index (χ1) is 24.0. The van der Waals surface area contributed by atoms with Gasteiger partial charge in [0, 0.05) is 27.7 Å². The zero-order chi connectivity index (χ0) is 35.5. The maximum Gasteiger partial charge on any atom is 0.255 e. The van der Waals surface area contributed by atoms with Gasteiger partial charge in [-0.1, -0.05) is 71.4 Å². The summed E-state index contributed by atoms with van der Waals surface area (Å²) in [5.41, 5.74) is 5.65. The fourth-order valence-corrected chi connectivity index (χ4v) is 7.50. The molecule has 1 aromatic heterocycles. The highest BCUT2D eigenvalue weighted by molar-refractivity contribution is 9.10. The summed E-state index contributed by atoms with van der Waals surface area (Å²) in [6.07, 6.45) is 0. The molecule has 1 atom stereocenters. The number of hydrogen-bond donors (Lipinski definition) is 2. The van der Waals surface area contributed by atoms with Gasteiger partial charge in [0.1, 0.15) is 18.5 Å². The van der Waals surface area contributed by atoms with Gasteiger partial charge in [-0.05, 0) is 102 Å². The average molecular weight is 798 g/mol. The van der Waals surface area contributed by atoms with E-state index >= 15 is 0 Å². The molecule has 1 amide bonds. The number of nitrogens with zero attached hydrogens (tertiary/aromatic N) is 3. The van der Waals surface area contributed by atoms with Gasteiger partial charge in [-0.25, -0.2) is 9.07 Å². The van der Waals surface area contributed by atoms with E-state index in [0.717, 1.165) is 16.7 Å². The van der Waals surface area contributed by atoms with Gasteiger partial charge in [0.15, 0.2) is 11.5 Å². The SMILES string of the molecule is CCOc1cc(C2C(C(=O)Nc3cccc(C)c3C)=C(C)Nc3nc(SCc4ccccc4Cl)nn32)cc(Br)c1OCc1c(F)cccc1Cl. The van der Waals surface area contributed by atoms with E-state index in [4.69, 9.17) is 42.8 Å². The molecule has 258 valence electrons. The smallest absolute Gasteiger partial charge is 0.255 e. The van der Waals surface area contributed by atoms with Crippen LogP contribution in [0.25, 0.3) is 0 Å². The van der Waals surface area contributed by atoms with Crippen LogP contribution in [0.15, 0.2) is 93.7 Å². The van der Waals surface area contributed by atoms with Crippen LogP contribution in [0, 0.1) is 19.7 Å². The molecule has 0 saturated heterocycles. The summed E-state index contributed by atoms with van der Waals surface area (Å²) < 4.78 is 29.0. The van der Waals surface area contributed by atoms with Crippen molar-refractivity contribution >= 4 is 68.4 Å². The first kappa shape index (κ1) is 35.8. The Morgan fingerprint density at radius 3 is 2.56 bits per heavy atom. The molecule has 50 heavy (non-hydrogen) atoms. The fourth-order valence-electron chi connectivity index (χ4n) is 5.59. The van der Waals surface area contributed by atoms with E-state index < -0.39 is 11.9 Å². The number of carbonyl (C=O) groups is 1. The maximum absolute atomic E-state index is 14.6. The van der Waals surface area contributed by atoms with Gasteiger partial charge < -0.3 is 20.1 Å². The van der Waals surface area contributed by atoms with E-state index in [1.54, 1.807) is 16.8 Å². The Balaban J connectivity index is 1.41. The Morgan fingerprint density at radius 1 is 1.04 bits per heavy atom. The molecule has 4 aromatic carbocycles. The van der Waals surface area contributed by atoms with Crippen LogP contribution in [-0.4, -0.2) is 27.3 Å². The Kier molecular flexibility index (Phi) is 11.1. The van der Waals surface area contributed by atoms with Gasteiger partial charge in [0.05, 0.1) is 21.7 Å². The number of anilines is 2. The van der Waals surface area contributed by atoms with Gasteiger partial charge >= 0.3 is 0 Å². The Labute approximate surface area is 312 Å². The van der Waals surface area contributed by atoms with Crippen molar-refractivity contribution in [2.45, 2.75) is 51.3 Å². The standard InChI is InChI=1S/C37H33BrCl2FN5O3S/c1-5-48-31-17-24(16-26(38)34(31)49-18-25-28(40)13-9-14-29(25)41)33-32(35(47)43-30-15-8-10-20(2)21(30)3)22(4)42-36-44-37(45-46(33)36)50-19-23-11-6-7-12-27(23)39/h6-17,33H,5,18-19H2,1-4H3,(H,43,47)(H,42,44,45). The third kappa shape index (κ3) is 7.51. The first-order valence-electron chi connectivity index (χ1n) is 15.8. The molecule has 13 heteroatoms. The minimum Gasteiger partial charge on any atom is -0.490 e. The molecule has 0 radical (unpaired) electrons. The summed E-state index contributed by atoms with van der Waals surface area (Å²) in [5, 5.41) is 12.7. The molecular formula is C37H33BrCl2FN5O3S. The Bertz CT molecular complexity index is 2110. The highest BCUT2D eigenvalue weighted by atomic mass is 79.9. The minimum atomic E-state index is -0.718. The minimum absolute atomic E-state index is 0.126. The fraction of sp³-hybridized carbons (Fsp3) is 0.216. The van der Waals surface area contributed by atoms with E-state index in [1.165, 1.54) is 17.8 Å². The first-order valence-corrected chi connectivity index (χ1v) is 18.3. The number of carbonyl (C=O) groups excluding carboxylic acids is 1. The number of aryl methyl sites for hydroxylation is 1. The van der Waals surface area contributed by atoms with Gasteiger partial charge in [-0.2, -0.15) is 4.98 Å². The lowest BCUT2D eigenvalue weighted by Gasteiger charge is -2.29. The lowest BCUT2D eigenvalue weighted by Crippen LogP contribution is -2.31. The monoisotopic (exact) mass is 795 g/mol. The molecule has 0 spiro atoms. The van der Waals surface area contributed by atoms with Crippen molar-refractivity contribution in [3.8, 4) is 11.5 Å². The van der Waals surface area contributed by atoms with Crippen molar-refractivity contribution in [2.75, 3.05) is 17.2 Å². The number of aromatic nitrogens is 3. The van der Waals surface area contributed by atoms with E-state index in [-0.39, 0.29) is 23.1 Å². The van der Waals surface area contributed by atoms with Crippen LogP contribution in [0.4, 0.5) is 16.0 Å². The quantitative estimate of drug-likeness (QED) is 0.129. The molecular weight excluding hydrogens is 764 g/mol. The normalized spacial score (nSPS) is 13.9. The summed E-state index contributed by atoms with van der Waals surface area (Å²) in [7, 11) is 0. The number of thioether (sulfide) groups is 1. The molecule has 0 bridgehead atoms. The molecule has 0 saturated carbocycles. The second kappa shape index (κ2) is 15.5. The van der Waals surface area contributed by atoms with Gasteiger partial charge in [-0.3, -0.25) is 4.79 Å². The molecule has 1 unspecified atom stereocenters. The predicted octanol–water partition coefficient (Wildman–Crippen LogP) is 10.3. The average Bonchev–Trinajstić information content (AvgIpc) is 3.48. The molecule has 1 aliphatic heterocycles. The van der Waals surface area contributed by atoms with Crippen molar-refractivity contribution in [1.82, 2.24) is 14.8 Å². The van der Waals surface area contributed by atoms with Gasteiger partial charge in [0.2, 0.25) is 11.1 Å². The van der Waals surface area contributed by atoms with Crippen LogP contribution in [0.5, 0.6) is 11.5 Å². The topological polar surface area (TPSA) is 90.3 Å². The number of halogens is 4. The predicted molar refractivity (Wildman–Crippen MR) is 201 cm³/mol. The molecule has 0 fully saturated rings. The zero-order valence-corrected chi connectivity index (χ0v) is 31.5. The molecule has 8 nitrogen and oxygen atoms in total. The molecule has 6 rings (SSSR count). The lowest BCUT2D eigenvalue weighted by atomic mass is 9.94. The number of ether oxygens (including phenoxy) is 2. The molecule has 0 aliphatic carbocycles. The summed E-state index contributed by atoms with van der Waals surface area (Å²) in [6, 6.07) is 20.8. The van der Waals surface area contributed by atoms with Crippen LogP contribution in [0.3, 0.4) is 0 Å². The van der Waals surface area contributed by atoms with Crippen molar-refractivity contribution in [1.29, 1.82) is 0 Å². The van der Waals surface area contributed by atoms with Crippen LogP contribution in [0.2, 0.25) is 10.0 Å². The molecule has 2 heterocycles. The third-order valence-corrected chi connectivity index (χ3v) is 10.5. The highest BCUT2D eigenvalue weighted by Gasteiger charge is 2.36. The largest absolute Gasteiger partial charge is 0.490 e. The Hall–Kier alpha value is -4.03. The van der Waals surface area contributed by atoms with Crippen LogP contribution < -0.4 is 20.1 Å². The zero-order valence-electron chi connectivity index (χ0n) is 27.6. The molecule has 1 aliphatic rings. The second-order valence-corrected chi connectivity index (χ2v) is 14.2. The summed E-state index contributed by atoms with van der Waals surface area (Å²) in [4.78, 5) is 19.1. The van der Waals surface area contributed by atoms with Crippen LogP contribution >= 0.6 is 50.9 Å².